The van der Waals surface area contributed by atoms with Gasteiger partial charge in [0.15, 0.2) is 0 Å². The fourth-order valence-corrected chi connectivity index (χ4v) is 5.40. The number of rotatable bonds is 6. The van der Waals surface area contributed by atoms with E-state index >= 15 is 0 Å². The number of hydrogen-bond acceptors (Lipinski definition) is 5. The first kappa shape index (κ1) is 23.0. The molecule has 0 saturated heterocycles. The molecule has 1 aliphatic carbocycles. The average molecular weight is 450 g/mol. The summed E-state index contributed by atoms with van der Waals surface area (Å²) in [7, 11) is 0. The molecule has 0 radical (unpaired) electrons. The van der Waals surface area contributed by atoms with Gasteiger partial charge < -0.3 is 16.0 Å². The average Bonchev–Trinajstić information content (AvgIpc) is 3.02. The van der Waals surface area contributed by atoms with Crippen molar-refractivity contribution in [2.45, 2.75) is 70.3 Å². The van der Waals surface area contributed by atoms with E-state index in [2.05, 4.69) is 20.9 Å². The lowest BCUT2D eigenvalue weighted by Gasteiger charge is -2.33. The van der Waals surface area contributed by atoms with E-state index in [1.807, 2.05) is 26.0 Å². The van der Waals surface area contributed by atoms with Crippen molar-refractivity contribution in [3.05, 3.63) is 47.5 Å². The van der Waals surface area contributed by atoms with Crippen molar-refractivity contribution in [3.8, 4) is 6.07 Å². The van der Waals surface area contributed by atoms with Gasteiger partial charge in [0.2, 0.25) is 5.91 Å². The van der Waals surface area contributed by atoms with Gasteiger partial charge in [-0.25, -0.2) is 9.37 Å². The lowest BCUT2D eigenvalue weighted by Crippen LogP contribution is -2.35. The van der Waals surface area contributed by atoms with Crippen LogP contribution < -0.4 is 16.0 Å². The SMILES string of the molecule is CCNc1cc(F)cc2c1NC(=O)C2(C)CC1CCCCC[C@@H](Nc2ccc(C#N)nc2)C1. The Labute approximate surface area is 195 Å². The molecule has 1 amide bonds. The minimum atomic E-state index is -0.758. The predicted molar refractivity (Wildman–Crippen MR) is 129 cm³/mol. The van der Waals surface area contributed by atoms with Crippen LogP contribution in [0.3, 0.4) is 0 Å². The highest BCUT2D eigenvalue weighted by Gasteiger charge is 2.45. The van der Waals surface area contributed by atoms with Crippen molar-refractivity contribution in [1.29, 1.82) is 5.26 Å². The second-order valence-electron chi connectivity index (χ2n) is 9.52. The number of amides is 1. The van der Waals surface area contributed by atoms with Gasteiger partial charge >= 0.3 is 0 Å². The molecule has 1 saturated carbocycles. The first-order valence-electron chi connectivity index (χ1n) is 11.9. The summed E-state index contributed by atoms with van der Waals surface area (Å²) in [5.74, 6) is -0.0373. The van der Waals surface area contributed by atoms with Crippen molar-refractivity contribution in [1.82, 2.24) is 4.98 Å². The highest BCUT2D eigenvalue weighted by molar-refractivity contribution is 6.08. The Balaban J connectivity index is 1.54. The highest BCUT2D eigenvalue weighted by Crippen LogP contribution is 2.47. The molecule has 0 spiro atoms. The quantitative estimate of drug-likeness (QED) is 0.536. The van der Waals surface area contributed by atoms with E-state index < -0.39 is 5.41 Å². The number of pyridine rings is 1. The smallest absolute Gasteiger partial charge is 0.234 e. The molecule has 1 aliphatic heterocycles. The van der Waals surface area contributed by atoms with E-state index in [9.17, 15) is 9.18 Å². The molecule has 2 aromatic rings. The molecular formula is C26H32FN5O. The summed E-state index contributed by atoms with van der Waals surface area (Å²) < 4.78 is 14.5. The minimum absolute atomic E-state index is 0.0508. The third-order valence-electron chi connectivity index (χ3n) is 7.03. The van der Waals surface area contributed by atoms with Crippen molar-refractivity contribution < 1.29 is 9.18 Å². The number of benzene rings is 1. The molecule has 174 valence electrons. The summed E-state index contributed by atoms with van der Waals surface area (Å²) in [5, 5.41) is 18.8. The second kappa shape index (κ2) is 9.78. The van der Waals surface area contributed by atoms with Crippen LogP contribution in [0.15, 0.2) is 30.5 Å². The molecule has 3 N–H and O–H groups in total. The maximum absolute atomic E-state index is 14.5. The number of aromatic nitrogens is 1. The van der Waals surface area contributed by atoms with E-state index in [4.69, 9.17) is 5.26 Å². The van der Waals surface area contributed by atoms with Gasteiger partial charge in [-0.1, -0.05) is 25.7 Å². The molecule has 1 aromatic heterocycles. The van der Waals surface area contributed by atoms with E-state index in [1.165, 1.54) is 18.6 Å². The van der Waals surface area contributed by atoms with Crippen LogP contribution in [0.2, 0.25) is 0 Å². The molecule has 2 aliphatic rings. The van der Waals surface area contributed by atoms with Crippen molar-refractivity contribution in [3.63, 3.8) is 0 Å². The number of nitriles is 1. The van der Waals surface area contributed by atoms with Crippen LogP contribution >= 0.6 is 0 Å². The molecule has 4 rings (SSSR count). The number of halogens is 1. The Morgan fingerprint density at radius 2 is 2.09 bits per heavy atom. The summed E-state index contributed by atoms with van der Waals surface area (Å²) in [6, 6.07) is 8.91. The second-order valence-corrected chi connectivity index (χ2v) is 9.52. The van der Waals surface area contributed by atoms with Crippen LogP contribution in [0.25, 0.3) is 0 Å². The lowest BCUT2D eigenvalue weighted by atomic mass is 9.72. The van der Waals surface area contributed by atoms with Crippen molar-refractivity contribution in [2.24, 2.45) is 5.92 Å². The van der Waals surface area contributed by atoms with E-state index in [0.717, 1.165) is 49.0 Å². The molecule has 0 bridgehead atoms. The number of carbonyl (C=O) groups is 1. The lowest BCUT2D eigenvalue weighted by molar-refractivity contribution is -0.121. The Bertz CT molecular complexity index is 1050. The predicted octanol–water partition coefficient (Wildman–Crippen LogP) is 5.58. The van der Waals surface area contributed by atoms with E-state index in [1.54, 1.807) is 12.3 Å². The fourth-order valence-electron chi connectivity index (χ4n) is 5.40. The van der Waals surface area contributed by atoms with Crippen LogP contribution in [0, 0.1) is 23.1 Å². The zero-order valence-corrected chi connectivity index (χ0v) is 19.4. The fraction of sp³-hybridized carbons (Fsp3) is 0.500. The van der Waals surface area contributed by atoms with Crippen molar-refractivity contribution >= 4 is 23.0 Å². The van der Waals surface area contributed by atoms with Gasteiger partial charge in [-0.2, -0.15) is 5.26 Å². The highest BCUT2D eigenvalue weighted by atomic mass is 19.1. The third kappa shape index (κ3) is 4.95. The normalized spacial score (nSPS) is 24.7. The first-order valence-corrected chi connectivity index (χ1v) is 11.9. The standard InChI is InChI=1S/C26H32FN5O/c1-3-29-23-13-18(27)12-22-24(23)32-25(33)26(22,2)14-17-7-5-4-6-8-19(11-17)31-21-10-9-20(15-28)30-16-21/h9-10,12-13,16-17,19,29,31H,3-8,11,14H2,1-2H3,(H,32,33)/t17?,19-,26?/m1/s1. The van der Waals surface area contributed by atoms with Crippen LogP contribution in [-0.4, -0.2) is 23.5 Å². The number of carbonyl (C=O) groups excluding carboxylic acids is 1. The van der Waals surface area contributed by atoms with Gasteiger partial charge in [0.1, 0.15) is 17.6 Å². The van der Waals surface area contributed by atoms with E-state index in [0.29, 0.717) is 30.3 Å². The number of nitrogens with zero attached hydrogens (tertiary/aromatic N) is 2. The molecular weight excluding hydrogens is 417 g/mol. The van der Waals surface area contributed by atoms with Gasteiger partial charge in [0.05, 0.1) is 28.7 Å². The van der Waals surface area contributed by atoms with Gasteiger partial charge in [0, 0.05) is 12.6 Å². The number of hydrogen-bond donors (Lipinski definition) is 3. The molecule has 3 atom stereocenters. The van der Waals surface area contributed by atoms with Gasteiger partial charge in [0.25, 0.3) is 0 Å². The Morgan fingerprint density at radius 1 is 1.27 bits per heavy atom. The van der Waals surface area contributed by atoms with Crippen LogP contribution in [0.4, 0.5) is 21.5 Å². The maximum Gasteiger partial charge on any atom is 0.234 e. The number of fused-ring (bicyclic) bond motifs is 1. The maximum atomic E-state index is 14.5. The van der Waals surface area contributed by atoms with Gasteiger partial charge in [-0.05, 0) is 68.9 Å². The zero-order chi connectivity index (χ0) is 23.4. The Kier molecular flexibility index (Phi) is 6.83. The Hall–Kier alpha value is -3.14. The Morgan fingerprint density at radius 3 is 2.82 bits per heavy atom. The molecule has 1 aromatic carbocycles. The summed E-state index contributed by atoms with van der Waals surface area (Å²) in [6.07, 6.45) is 8.90. The molecule has 33 heavy (non-hydrogen) atoms. The van der Waals surface area contributed by atoms with Gasteiger partial charge in [-0.15, -0.1) is 0 Å². The van der Waals surface area contributed by atoms with Crippen LogP contribution in [0.5, 0.6) is 0 Å². The topological polar surface area (TPSA) is 89.8 Å². The molecule has 2 unspecified atom stereocenters. The summed E-state index contributed by atoms with van der Waals surface area (Å²) >= 11 is 0. The largest absolute Gasteiger partial charge is 0.384 e. The summed E-state index contributed by atoms with van der Waals surface area (Å²) in [4.78, 5) is 17.3. The molecule has 1 fully saturated rings. The zero-order valence-electron chi connectivity index (χ0n) is 19.4. The monoisotopic (exact) mass is 449 g/mol. The molecule has 6 nitrogen and oxygen atoms in total. The van der Waals surface area contributed by atoms with Crippen LogP contribution in [0.1, 0.15) is 70.1 Å². The molecule has 2 heterocycles. The number of anilines is 3. The van der Waals surface area contributed by atoms with E-state index in [-0.39, 0.29) is 17.8 Å². The summed E-state index contributed by atoms with van der Waals surface area (Å²) in [5.41, 5.74) is 2.67. The number of nitrogens with one attached hydrogen (secondary N) is 3. The van der Waals surface area contributed by atoms with Gasteiger partial charge in [-0.3, -0.25) is 4.79 Å². The minimum Gasteiger partial charge on any atom is -0.384 e. The third-order valence-corrected chi connectivity index (χ3v) is 7.03. The molecule has 7 heteroatoms. The first-order chi connectivity index (χ1) is 15.9. The summed E-state index contributed by atoms with van der Waals surface area (Å²) in [6.45, 7) is 4.57. The van der Waals surface area contributed by atoms with Crippen LogP contribution in [-0.2, 0) is 10.2 Å². The van der Waals surface area contributed by atoms with Crippen molar-refractivity contribution in [2.75, 3.05) is 22.5 Å².